The first-order valence-corrected chi connectivity index (χ1v) is 8.20. The monoisotopic (exact) mass is 322 g/mol. The third-order valence-corrected chi connectivity index (χ3v) is 5.57. The quantitative estimate of drug-likeness (QED) is 0.763. The van der Waals surface area contributed by atoms with E-state index in [1.54, 1.807) is 6.92 Å². The molecule has 3 amide bonds. The van der Waals surface area contributed by atoms with Gasteiger partial charge in [-0.25, -0.2) is 0 Å². The lowest BCUT2D eigenvalue weighted by atomic mass is 9.81. The topological polar surface area (TPSA) is 95.0 Å². The summed E-state index contributed by atoms with van der Waals surface area (Å²) in [5.41, 5.74) is -0.942. The number of rotatable bonds is 3. The Labute approximate surface area is 134 Å². The molecule has 0 aromatic rings. The second kappa shape index (κ2) is 5.62. The second-order valence-electron chi connectivity index (χ2n) is 7.19. The molecule has 2 saturated heterocycles. The molecular formula is C16H22N2O5. The highest BCUT2D eigenvalue weighted by Gasteiger charge is 2.49. The Bertz CT molecular complexity index is 551. The lowest BCUT2D eigenvalue weighted by Gasteiger charge is -2.22. The number of carboxylic acid groups (broad SMARTS) is 1. The minimum absolute atomic E-state index is 0.129. The summed E-state index contributed by atoms with van der Waals surface area (Å²) in [6.45, 7) is 1.85. The summed E-state index contributed by atoms with van der Waals surface area (Å²) >= 11 is 0. The van der Waals surface area contributed by atoms with E-state index in [0.29, 0.717) is 13.0 Å². The van der Waals surface area contributed by atoms with Crippen LogP contribution in [0.4, 0.5) is 0 Å². The number of aliphatic carboxylic acids is 1. The summed E-state index contributed by atoms with van der Waals surface area (Å²) in [5.74, 6) is -2.23. The smallest absolute Gasteiger partial charge is 0.311 e. The zero-order chi connectivity index (χ0) is 16.8. The maximum Gasteiger partial charge on any atom is 0.311 e. The van der Waals surface area contributed by atoms with Crippen LogP contribution in [0.25, 0.3) is 0 Å². The summed E-state index contributed by atoms with van der Waals surface area (Å²) in [6.07, 6.45) is 3.73. The van der Waals surface area contributed by atoms with E-state index >= 15 is 0 Å². The first kappa shape index (κ1) is 16.0. The van der Waals surface area contributed by atoms with Gasteiger partial charge < -0.3 is 10.0 Å². The van der Waals surface area contributed by atoms with E-state index in [2.05, 4.69) is 0 Å². The van der Waals surface area contributed by atoms with Crippen LogP contribution in [0.15, 0.2) is 0 Å². The molecular weight excluding hydrogens is 300 g/mol. The molecule has 7 nitrogen and oxygen atoms in total. The zero-order valence-corrected chi connectivity index (χ0v) is 13.3. The Balaban J connectivity index is 1.66. The number of hydrogen-bond donors (Lipinski definition) is 1. The number of carboxylic acids is 1. The number of fused-ring (bicyclic) bond motifs is 1. The van der Waals surface area contributed by atoms with Gasteiger partial charge in [0.2, 0.25) is 17.7 Å². The molecule has 1 saturated carbocycles. The van der Waals surface area contributed by atoms with Gasteiger partial charge >= 0.3 is 5.97 Å². The van der Waals surface area contributed by atoms with E-state index in [0.717, 1.165) is 30.6 Å². The molecule has 3 rings (SSSR count). The van der Waals surface area contributed by atoms with Crippen molar-refractivity contribution in [1.82, 2.24) is 9.80 Å². The van der Waals surface area contributed by atoms with Crippen molar-refractivity contribution >= 4 is 23.7 Å². The lowest BCUT2D eigenvalue weighted by molar-refractivity contribution is -0.149. The minimum Gasteiger partial charge on any atom is -0.481 e. The number of nitrogens with zero attached hydrogens (tertiary/aromatic N) is 2. The van der Waals surface area contributed by atoms with E-state index in [1.807, 2.05) is 0 Å². The Morgan fingerprint density at radius 2 is 1.74 bits per heavy atom. The third kappa shape index (κ3) is 2.62. The van der Waals surface area contributed by atoms with Crippen molar-refractivity contribution in [3.63, 3.8) is 0 Å². The first-order chi connectivity index (χ1) is 10.8. The molecule has 3 aliphatic rings. The van der Waals surface area contributed by atoms with Gasteiger partial charge in [0.1, 0.15) is 6.54 Å². The fourth-order valence-corrected chi connectivity index (χ4v) is 3.97. The van der Waals surface area contributed by atoms with Crippen LogP contribution in [0.1, 0.15) is 39.0 Å². The highest BCUT2D eigenvalue weighted by atomic mass is 16.4. The molecule has 1 aliphatic carbocycles. The Hall–Kier alpha value is -1.92. The minimum atomic E-state index is -0.942. The Morgan fingerprint density at radius 1 is 1.17 bits per heavy atom. The number of carbonyl (C=O) groups is 4. The van der Waals surface area contributed by atoms with Gasteiger partial charge in [0.15, 0.2) is 0 Å². The summed E-state index contributed by atoms with van der Waals surface area (Å²) in [5, 5.41) is 9.22. The number of likely N-dealkylation sites (tertiary alicyclic amines) is 2. The Kier molecular flexibility index (Phi) is 3.90. The summed E-state index contributed by atoms with van der Waals surface area (Å²) in [7, 11) is 0. The van der Waals surface area contributed by atoms with Gasteiger partial charge in [-0.3, -0.25) is 24.1 Å². The molecule has 0 aromatic carbocycles. The van der Waals surface area contributed by atoms with E-state index in [9.17, 15) is 24.3 Å². The van der Waals surface area contributed by atoms with Gasteiger partial charge in [-0.2, -0.15) is 0 Å². The van der Waals surface area contributed by atoms with Gasteiger partial charge in [-0.05, 0) is 26.2 Å². The molecule has 3 atom stereocenters. The van der Waals surface area contributed by atoms with Crippen molar-refractivity contribution in [2.75, 3.05) is 19.6 Å². The maximum atomic E-state index is 12.4. The molecule has 126 valence electrons. The van der Waals surface area contributed by atoms with Crippen molar-refractivity contribution in [2.45, 2.75) is 39.0 Å². The summed E-state index contributed by atoms with van der Waals surface area (Å²) < 4.78 is 0. The lowest BCUT2D eigenvalue weighted by Crippen LogP contribution is -2.43. The molecule has 2 aliphatic heterocycles. The van der Waals surface area contributed by atoms with E-state index in [4.69, 9.17) is 0 Å². The van der Waals surface area contributed by atoms with E-state index in [1.165, 1.54) is 4.90 Å². The van der Waals surface area contributed by atoms with Crippen LogP contribution in [0, 0.1) is 17.3 Å². The van der Waals surface area contributed by atoms with Gasteiger partial charge in [-0.1, -0.05) is 12.8 Å². The highest BCUT2D eigenvalue weighted by Crippen LogP contribution is 2.38. The predicted molar refractivity (Wildman–Crippen MR) is 79.1 cm³/mol. The van der Waals surface area contributed by atoms with Crippen molar-refractivity contribution in [2.24, 2.45) is 17.3 Å². The molecule has 1 N–H and O–H groups in total. The number of amides is 3. The summed E-state index contributed by atoms with van der Waals surface area (Å²) in [4.78, 5) is 51.0. The van der Waals surface area contributed by atoms with Crippen LogP contribution in [0.2, 0.25) is 0 Å². The van der Waals surface area contributed by atoms with Crippen LogP contribution >= 0.6 is 0 Å². The van der Waals surface area contributed by atoms with Crippen LogP contribution in [-0.2, 0) is 19.2 Å². The van der Waals surface area contributed by atoms with Crippen LogP contribution in [0.5, 0.6) is 0 Å². The molecule has 0 aromatic heterocycles. The molecule has 2 heterocycles. The van der Waals surface area contributed by atoms with Crippen molar-refractivity contribution in [3.8, 4) is 0 Å². The van der Waals surface area contributed by atoms with Gasteiger partial charge in [-0.15, -0.1) is 0 Å². The van der Waals surface area contributed by atoms with Crippen molar-refractivity contribution in [1.29, 1.82) is 0 Å². The molecule has 3 unspecified atom stereocenters. The highest BCUT2D eigenvalue weighted by molar-refractivity contribution is 6.07. The zero-order valence-electron chi connectivity index (χ0n) is 13.3. The standard InChI is InChI=1S/C16H22N2O5/c1-16(15(22)23)6-7-17(9-16)12(19)8-18-13(20)10-4-2-3-5-11(10)14(18)21/h10-11H,2-9H2,1H3,(H,22,23). The van der Waals surface area contributed by atoms with E-state index in [-0.39, 0.29) is 42.6 Å². The van der Waals surface area contributed by atoms with Gasteiger partial charge in [0, 0.05) is 13.1 Å². The Morgan fingerprint density at radius 3 is 2.22 bits per heavy atom. The van der Waals surface area contributed by atoms with Crippen molar-refractivity contribution < 1.29 is 24.3 Å². The molecule has 0 radical (unpaired) electrons. The van der Waals surface area contributed by atoms with Crippen LogP contribution in [-0.4, -0.2) is 58.2 Å². The number of carbonyl (C=O) groups excluding carboxylic acids is 3. The van der Waals surface area contributed by atoms with E-state index < -0.39 is 11.4 Å². The van der Waals surface area contributed by atoms with Crippen molar-refractivity contribution in [3.05, 3.63) is 0 Å². The second-order valence-corrected chi connectivity index (χ2v) is 7.19. The van der Waals surface area contributed by atoms with Gasteiger partial charge in [0.05, 0.1) is 17.3 Å². The predicted octanol–water partition coefficient (Wildman–Crippen LogP) is 0.485. The largest absolute Gasteiger partial charge is 0.481 e. The third-order valence-electron chi connectivity index (χ3n) is 5.57. The molecule has 3 fully saturated rings. The molecule has 0 bridgehead atoms. The average Bonchev–Trinajstić information content (AvgIpc) is 3.04. The normalized spacial score (nSPS) is 34.0. The maximum absolute atomic E-state index is 12.4. The molecule has 23 heavy (non-hydrogen) atoms. The first-order valence-electron chi connectivity index (χ1n) is 8.20. The number of hydrogen-bond acceptors (Lipinski definition) is 4. The van der Waals surface area contributed by atoms with Gasteiger partial charge in [0.25, 0.3) is 0 Å². The fourth-order valence-electron chi connectivity index (χ4n) is 3.97. The van der Waals surface area contributed by atoms with Crippen LogP contribution < -0.4 is 0 Å². The molecule has 0 spiro atoms. The summed E-state index contributed by atoms with van der Waals surface area (Å²) in [6, 6.07) is 0. The SMILES string of the molecule is CC1(C(=O)O)CCN(C(=O)CN2C(=O)C3CCCCC3C2=O)C1. The van der Waals surface area contributed by atoms with Crippen LogP contribution in [0.3, 0.4) is 0 Å². The number of imide groups is 1. The average molecular weight is 322 g/mol. The molecule has 7 heteroatoms. The fraction of sp³-hybridized carbons (Fsp3) is 0.750.